The molecule has 30 heavy (non-hydrogen) atoms. The zero-order valence-electron chi connectivity index (χ0n) is 18.6. The minimum Gasteiger partial charge on any atom is -0.496 e. The predicted molar refractivity (Wildman–Crippen MR) is 121 cm³/mol. The van der Waals surface area contributed by atoms with E-state index < -0.39 is 0 Å². The van der Waals surface area contributed by atoms with E-state index in [2.05, 4.69) is 60.8 Å². The largest absolute Gasteiger partial charge is 0.496 e. The van der Waals surface area contributed by atoms with Crippen LogP contribution in [0.25, 0.3) is 22.4 Å². The predicted octanol–water partition coefficient (Wildman–Crippen LogP) is 4.21. The molecule has 0 radical (unpaired) electrons. The molecule has 3 heterocycles. The fraction of sp³-hybridized carbons (Fsp3) is 0.417. The van der Waals surface area contributed by atoms with E-state index in [0.717, 1.165) is 46.8 Å². The summed E-state index contributed by atoms with van der Waals surface area (Å²) in [6, 6.07) is 6.28. The fourth-order valence-corrected chi connectivity index (χ4v) is 4.08. The van der Waals surface area contributed by atoms with Crippen LogP contribution in [0.3, 0.4) is 0 Å². The van der Waals surface area contributed by atoms with Crippen LogP contribution >= 0.6 is 0 Å². The second-order valence-corrected chi connectivity index (χ2v) is 8.80. The van der Waals surface area contributed by atoms with E-state index in [0.29, 0.717) is 5.92 Å². The zero-order chi connectivity index (χ0) is 21.6. The maximum absolute atomic E-state index is 12.4. The number of aryl methyl sites for hydroxylation is 1. The van der Waals surface area contributed by atoms with Crippen molar-refractivity contribution in [3.8, 4) is 28.1 Å². The van der Waals surface area contributed by atoms with Gasteiger partial charge in [0, 0.05) is 53.3 Å². The summed E-state index contributed by atoms with van der Waals surface area (Å²) >= 11 is 0. The first-order chi connectivity index (χ1) is 14.3. The van der Waals surface area contributed by atoms with E-state index in [4.69, 9.17) is 4.74 Å². The first-order valence-electron chi connectivity index (χ1n) is 10.5. The summed E-state index contributed by atoms with van der Waals surface area (Å²) in [5.41, 5.74) is 5.99. The number of aromatic nitrogens is 3. The van der Waals surface area contributed by atoms with Crippen LogP contribution < -0.4 is 15.2 Å². The van der Waals surface area contributed by atoms with Gasteiger partial charge in [-0.1, -0.05) is 13.8 Å². The molecule has 0 saturated carbocycles. The fourth-order valence-electron chi connectivity index (χ4n) is 4.08. The van der Waals surface area contributed by atoms with Crippen molar-refractivity contribution in [3.05, 3.63) is 58.1 Å². The van der Waals surface area contributed by atoms with Gasteiger partial charge in [-0.05, 0) is 44.4 Å². The summed E-state index contributed by atoms with van der Waals surface area (Å²) < 4.78 is 9.86. The maximum atomic E-state index is 12.4. The van der Waals surface area contributed by atoms with Gasteiger partial charge in [-0.25, -0.2) is 0 Å². The molecule has 1 aromatic carbocycles. The summed E-state index contributed by atoms with van der Waals surface area (Å²) in [5.74, 6) is 1.32. The van der Waals surface area contributed by atoms with Crippen LogP contribution in [0.1, 0.15) is 38.8 Å². The number of hydrogen-bond donors (Lipinski definition) is 0. The number of benzene rings is 1. The zero-order valence-corrected chi connectivity index (χ0v) is 18.6. The molecular formula is C24H30N4O2. The monoisotopic (exact) mass is 406 g/mol. The lowest BCUT2D eigenvalue weighted by Crippen LogP contribution is -2.43. The molecule has 0 aliphatic carbocycles. The molecule has 0 bridgehead atoms. The Bertz CT molecular complexity index is 1140. The van der Waals surface area contributed by atoms with E-state index in [1.807, 2.05) is 24.0 Å². The normalized spacial score (nSPS) is 13.0. The SMILES string of the molecule is COc1cc2c(cc1-c1cnn(CC(C)C)c1)CN(C(C)C)n1cc(C)c(=O)cc1-2. The Hall–Kier alpha value is -3.02. The Morgan fingerprint density at radius 3 is 2.53 bits per heavy atom. The Balaban J connectivity index is 1.88. The lowest BCUT2D eigenvalue weighted by atomic mass is 9.95. The van der Waals surface area contributed by atoms with Crippen LogP contribution in [-0.4, -0.2) is 27.6 Å². The molecule has 6 heteroatoms. The Kier molecular flexibility index (Phi) is 5.18. The van der Waals surface area contributed by atoms with E-state index in [9.17, 15) is 4.79 Å². The summed E-state index contributed by atoms with van der Waals surface area (Å²) in [6.45, 7) is 12.2. The minimum absolute atomic E-state index is 0.0517. The van der Waals surface area contributed by atoms with E-state index in [1.165, 1.54) is 5.56 Å². The minimum atomic E-state index is 0.0517. The maximum Gasteiger partial charge on any atom is 0.185 e. The Morgan fingerprint density at radius 2 is 1.87 bits per heavy atom. The van der Waals surface area contributed by atoms with Crippen LogP contribution in [0.15, 0.2) is 41.6 Å². The molecule has 0 spiro atoms. The molecule has 1 aliphatic heterocycles. The highest BCUT2D eigenvalue weighted by Gasteiger charge is 2.26. The van der Waals surface area contributed by atoms with E-state index >= 15 is 0 Å². The van der Waals surface area contributed by atoms with Crippen molar-refractivity contribution in [1.82, 2.24) is 14.5 Å². The van der Waals surface area contributed by atoms with Gasteiger partial charge < -0.3 is 9.75 Å². The van der Waals surface area contributed by atoms with Crippen molar-refractivity contribution in [2.24, 2.45) is 5.92 Å². The number of hydrogen-bond acceptors (Lipinski definition) is 4. The van der Waals surface area contributed by atoms with Gasteiger partial charge in [0.15, 0.2) is 5.43 Å². The summed E-state index contributed by atoms with van der Waals surface area (Å²) in [7, 11) is 1.69. The second-order valence-electron chi connectivity index (χ2n) is 8.80. The van der Waals surface area contributed by atoms with Crippen LogP contribution in [-0.2, 0) is 13.1 Å². The van der Waals surface area contributed by atoms with Gasteiger partial charge in [0.1, 0.15) is 5.75 Å². The van der Waals surface area contributed by atoms with Gasteiger partial charge in [0.25, 0.3) is 0 Å². The molecular weight excluding hydrogens is 376 g/mol. The molecule has 4 rings (SSSR count). The third-order valence-electron chi connectivity index (χ3n) is 5.62. The van der Waals surface area contributed by atoms with E-state index in [1.54, 1.807) is 13.2 Å². The van der Waals surface area contributed by atoms with Gasteiger partial charge in [-0.2, -0.15) is 5.10 Å². The van der Waals surface area contributed by atoms with Crippen LogP contribution in [0.5, 0.6) is 5.75 Å². The quantitative estimate of drug-likeness (QED) is 0.637. The van der Waals surface area contributed by atoms with Crippen molar-refractivity contribution in [2.45, 2.75) is 53.8 Å². The van der Waals surface area contributed by atoms with Crippen molar-refractivity contribution >= 4 is 0 Å². The van der Waals surface area contributed by atoms with Crippen molar-refractivity contribution in [3.63, 3.8) is 0 Å². The molecule has 0 amide bonds. The summed E-state index contributed by atoms with van der Waals surface area (Å²) in [5, 5.41) is 6.81. The van der Waals surface area contributed by atoms with E-state index in [-0.39, 0.29) is 11.5 Å². The molecule has 158 valence electrons. The molecule has 6 nitrogen and oxygen atoms in total. The lowest BCUT2D eigenvalue weighted by molar-refractivity contribution is 0.416. The number of fused-ring (bicyclic) bond motifs is 3. The Morgan fingerprint density at radius 1 is 1.10 bits per heavy atom. The number of rotatable bonds is 5. The highest BCUT2D eigenvalue weighted by Crippen LogP contribution is 2.39. The molecule has 0 unspecified atom stereocenters. The highest BCUT2D eigenvalue weighted by atomic mass is 16.5. The molecule has 1 aliphatic rings. The molecule has 3 aromatic rings. The highest BCUT2D eigenvalue weighted by molar-refractivity contribution is 5.78. The van der Waals surface area contributed by atoms with Gasteiger partial charge in [-0.15, -0.1) is 0 Å². The van der Waals surface area contributed by atoms with Crippen LogP contribution in [0.4, 0.5) is 0 Å². The van der Waals surface area contributed by atoms with Gasteiger partial charge in [0.05, 0.1) is 25.5 Å². The van der Waals surface area contributed by atoms with Crippen molar-refractivity contribution in [1.29, 1.82) is 0 Å². The van der Waals surface area contributed by atoms with Crippen LogP contribution in [0.2, 0.25) is 0 Å². The smallest absolute Gasteiger partial charge is 0.185 e. The van der Waals surface area contributed by atoms with Gasteiger partial charge in [0.2, 0.25) is 0 Å². The first kappa shape index (κ1) is 20.3. The molecule has 0 N–H and O–H groups in total. The lowest BCUT2D eigenvalue weighted by Gasteiger charge is -2.38. The summed E-state index contributed by atoms with van der Waals surface area (Å²) in [4.78, 5) is 12.4. The third kappa shape index (κ3) is 3.51. The van der Waals surface area contributed by atoms with Gasteiger partial charge >= 0.3 is 0 Å². The average molecular weight is 407 g/mol. The molecule has 0 fully saturated rings. The molecule has 2 aromatic heterocycles. The molecule has 0 atom stereocenters. The Labute approximate surface area is 177 Å². The second kappa shape index (κ2) is 7.67. The average Bonchev–Trinajstić information content (AvgIpc) is 3.14. The number of ether oxygens (including phenoxy) is 1. The third-order valence-corrected chi connectivity index (χ3v) is 5.62. The number of pyridine rings is 1. The first-order valence-corrected chi connectivity index (χ1v) is 10.5. The molecule has 0 saturated heterocycles. The van der Waals surface area contributed by atoms with Crippen molar-refractivity contribution < 1.29 is 4.74 Å². The topological polar surface area (TPSA) is 52.3 Å². The summed E-state index contributed by atoms with van der Waals surface area (Å²) in [6.07, 6.45) is 5.92. The number of methoxy groups -OCH3 is 1. The van der Waals surface area contributed by atoms with Gasteiger partial charge in [-0.3, -0.25) is 14.2 Å². The van der Waals surface area contributed by atoms with Crippen LogP contribution in [0, 0.1) is 12.8 Å². The standard InChI is InChI=1S/C24H30N4O2/c1-15(2)11-26-13-19(10-25-26)21-7-18-14-27(16(3)4)28-12-17(5)23(29)9-22(28)20(18)8-24(21)30-6/h7-10,12-13,15-16H,11,14H2,1-6H3. The number of nitrogens with zero attached hydrogens (tertiary/aromatic N) is 4. The van der Waals surface area contributed by atoms with Crippen molar-refractivity contribution in [2.75, 3.05) is 12.1 Å².